The number of halogens is 2. The Morgan fingerprint density at radius 1 is 1.33 bits per heavy atom. The van der Waals surface area contributed by atoms with Crippen LogP contribution in [0.5, 0.6) is 0 Å². The number of furan rings is 1. The fraction of sp³-hybridized carbons (Fsp3) is 0.231. The minimum atomic E-state index is -3.86. The van der Waals surface area contributed by atoms with E-state index in [0.29, 0.717) is 17.9 Å². The van der Waals surface area contributed by atoms with Crippen LogP contribution in [0.2, 0.25) is 0 Å². The van der Waals surface area contributed by atoms with Gasteiger partial charge >= 0.3 is 0 Å². The lowest BCUT2D eigenvalue weighted by molar-refractivity contribution is 0.470. The fourth-order valence-corrected chi connectivity index (χ4v) is 3.76. The molecule has 0 bridgehead atoms. The van der Waals surface area contributed by atoms with Crippen molar-refractivity contribution in [3.8, 4) is 0 Å². The molecule has 0 aliphatic rings. The van der Waals surface area contributed by atoms with E-state index in [0.717, 1.165) is 6.07 Å². The van der Waals surface area contributed by atoms with Gasteiger partial charge in [0.15, 0.2) is 4.67 Å². The molecule has 5 nitrogen and oxygen atoms in total. The Balaban J connectivity index is 2.31. The number of benzene rings is 1. The number of aryl methyl sites for hydroxylation is 1. The summed E-state index contributed by atoms with van der Waals surface area (Å²) < 4.78 is 45.8. The quantitative estimate of drug-likeness (QED) is 0.841. The maximum atomic E-state index is 13.5. The molecule has 0 saturated carbocycles. The standard InChI is InChI=1S/C13H14BrFN2O3S/c1-8-3-4-9(5-11(8)15)17-21(18,19)12-6-10(7-16-2)20-13(12)14/h3-6,16-17H,7H2,1-2H3. The minimum Gasteiger partial charge on any atom is -0.451 e. The van der Waals surface area contributed by atoms with Crippen molar-refractivity contribution in [1.29, 1.82) is 0 Å². The lowest BCUT2D eigenvalue weighted by Gasteiger charge is -2.07. The third kappa shape index (κ3) is 3.63. The molecule has 1 heterocycles. The topological polar surface area (TPSA) is 71.3 Å². The molecule has 2 rings (SSSR count). The zero-order valence-corrected chi connectivity index (χ0v) is 13.8. The molecule has 114 valence electrons. The first-order valence-electron chi connectivity index (χ1n) is 6.05. The summed E-state index contributed by atoms with van der Waals surface area (Å²) >= 11 is 3.07. The van der Waals surface area contributed by atoms with Crippen molar-refractivity contribution in [2.24, 2.45) is 0 Å². The van der Waals surface area contributed by atoms with E-state index in [1.54, 1.807) is 14.0 Å². The first-order valence-corrected chi connectivity index (χ1v) is 8.33. The summed E-state index contributed by atoms with van der Waals surface area (Å²) in [5, 5.41) is 2.86. The zero-order chi connectivity index (χ0) is 15.6. The Morgan fingerprint density at radius 3 is 2.67 bits per heavy atom. The Bertz CT molecular complexity index is 759. The minimum absolute atomic E-state index is 0.0336. The van der Waals surface area contributed by atoms with Crippen LogP contribution in [-0.4, -0.2) is 15.5 Å². The molecule has 1 aromatic carbocycles. The van der Waals surface area contributed by atoms with Crippen molar-refractivity contribution in [2.45, 2.75) is 18.4 Å². The van der Waals surface area contributed by atoms with E-state index in [2.05, 4.69) is 26.0 Å². The first kappa shape index (κ1) is 16.0. The molecular weight excluding hydrogens is 363 g/mol. The van der Waals surface area contributed by atoms with Crippen LogP contribution >= 0.6 is 15.9 Å². The second-order valence-corrected chi connectivity index (χ2v) is 6.82. The molecular formula is C13H14BrFN2O3S. The van der Waals surface area contributed by atoms with Gasteiger partial charge in [0.05, 0.1) is 12.2 Å². The SMILES string of the molecule is CNCc1cc(S(=O)(=O)Nc2ccc(C)c(F)c2)c(Br)o1. The predicted molar refractivity (Wildman–Crippen MR) is 81.1 cm³/mol. The van der Waals surface area contributed by atoms with Crippen LogP contribution in [0, 0.1) is 12.7 Å². The van der Waals surface area contributed by atoms with Crippen molar-refractivity contribution in [3.63, 3.8) is 0 Å². The molecule has 8 heteroatoms. The van der Waals surface area contributed by atoms with Gasteiger partial charge in [-0.3, -0.25) is 4.72 Å². The number of nitrogens with one attached hydrogen (secondary N) is 2. The molecule has 0 spiro atoms. The van der Waals surface area contributed by atoms with E-state index >= 15 is 0 Å². The van der Waals surface area contributed by atoms with Gasteiger partial charge in [0.1, 0.15) is 16.5 Å². The van der Waals surface area contributed by atoms with Crippen LogP contribution in [0.25, 0.3) is 0 Å². The molecule has 21 heavy (non-hydrogen) atoms. The highest BCUT2D eigenvalue weighted by atomic mass is 79.9. The summed E-state index contributed by atoms with van der Waals surface area (Å²) in [6, 6.07) is 5.55. The van der Waals surface area contributed by atoms with Crippen molar-refractivity contribution < 1.29 is 17.2 Å². The maximum absolute atomic E-state index is 13.5. The molecule has 0 unspecified atom stereocenters. The van der Waals surface area contributed by atoms with E-state index < -0.39 is 15.8 Å². The van der Waals surface area contributed by atoms with Crippen molar-refractivity contribution in [3.05, 3.63) is 46.1 Å². The van der Waals surface area contributed by atoms with Gasteiger partial charge in [-0.05, 0) is 47.6 Å². The molecule has 2 N–H and O–H groups in total. The first-order chi connectivity index (χ1) is 9.83. The van der Waals surface area contributed by atoms with Crippen LogP contribution in [0.1, 0.15) is 11.3 Å². The van der Waals surface area contributed by atoms with E-state index in [1.807, 2.05) is 0 Å². The molecule has 0 saturated heterocycles. The van der Waals surface area contributed by atoms with E-state index in [1.165, 1.54) is 18.2 Å². The summed E-state index contributed by atoms with van der Waals surface area (Å²) in [5.74, 6) is -0.00262. The highest BCUT2D eigenvalue weighted by Crippen LogP contribution is 2.28. The molecule has 0 atom stereocenters. The van der Waals surface area contributed by atoms with E-state index in [-0.39, 0.29) is 15.3 Å². The number of hydrogen-bond donors (Lipinski definition) is 2. The number of sulfonamides is 1. The monoisotopic (exact) mass is 376 g/mol. The molecule has 0 aliphatic carbocycles. The molecule has 0 amide bonds. The number of hydrogen-bond acceptors (Lipinski definition) is 4. The van der Waals surface area contributed by atoms with Crippen LogP contribution < -0.4 is 10.0 Å². The van der Waals surface area contributed by atoms with Gasteiger partial charge in [-0.15, -0.1) is 0 Å². The second-order valence-electron chi connectivity index (χ2n) is 4.45. The van der Waals surface area contributed by atoms with Gasteiger partial charge in [0, 0.05) is 6.07 Å². The normalized spacial score (nSPS) is 11.6. The van der Waals surface area contributed by atoms with Crippen LogP contribution in [-0.2, 0) is 16.6 Å². The maximum Gasteiger partial charge on any atom is 0.266 e. The average Bonchev–Trinajstić information content (AvgIpc) is 2.76. The van der Waals surface area contributed by atoms with Gasteiger partial charge in [0.2, 0.25) is 0 Å². The summed E-state index contributed by atoms with van der Waals surface area (Å²) in [4.78, 5) is -0.0336. The van der Waals surface area contributed by atoms with Crippen molar-refractivity contribution >= 4 is 31.6 Å². The van der Waals surface area contributed by atoms with Gasteiger partial charge in [-0.25, -0.2) is 12.8 Å². The van der Waals surface area contributed by atoms with Crippen molar-refractivity contribution in [1.82, 2.24) is 5.32 Å². The van der Waals surface area contributed by atoms with Gasteiger partial charge in [-0.1, -0.05) is 6.07 Å². The highest BCUT2D eigenvalue weighted by Gasteiger charge is 2.22. The third-order valence-corrected chi connectivity index (χ3v) is 5.01. The van der Waals surface area contributed by atoms with Crippen LogP contribution in [0.4, 0.5) is 10.1 Å². The summed E-state index contributed by atoms with van der Waals surface area (Å²) in [6.45, 7) is 2.00. The summed E-state index contributed by atoms with van der Waals surface area (Å²) in [7, 11) is -2.14. The largest absolute Gasteiger partial charge is 0.451 e. The molecule has 0 aliphatic heterocycles. The molecule has 2 aromatic rings. The van der Waals surface area contributed by atoms with Gasteiger partial charge in [0.25, 0.3) is 10.0 Å². The average molecular weight is 377 g/mol. The van der Waals surface area contributed by atoms with Crippen molar-refractivity contribution in [2.75, 3.05) is 11.8 Å². The van der Waals surface area contributed by atoms with Gasteiger partial charge < -0.3 is 9.73 Å². The molecule has 1 aromatic heterocycles. The van der Waals surface area contributed by atoms with Crippen LogP contribution in [0.3, 0.4) is 0 Å². The lowest BCUT2D eigenvalue weighted by Crippen LogP contribution is -2.13. The zero-order valence-electron chi connectivity index (χ0n) is 11.4. The Hall–Kier alpha value is -1.38. The summed E-state index contributed by atoms with van der Waals surface area (Å²) in [5.41, 5.74) is 0.597. The molecule has 0 radical (unpaired) electrons. The second kappa shape index (κ2) is 6.17. The third-order valence-electron chi connectivity index (χ3n) is 2.77. The van der Waals surface area contributed by atoms with Crippen LogP contribution in [0.15, 0.2) is 38.2 Å². The Kier molecular flexibility index (Phi) is 4.70. The predicted octanol–water partition coefficient (Wildman–Crippen LogP) is 3.01. The highest BCUT2D eigenvalue weighted by molar-refractivity contribution is 9.10. The van der Waals surface area contributed by atoms with E-state index in [9.17, 15) is 12.8 Å². The van der Waals surface area contributed by atoms with E-state index in [4.69, 9.17) is 4.42 Å². The fourth-order valence-electron chi connectivity index (χ4n) is 1.71. The Labute approximate surface area is 130 Å². The Morgan fingerprint density at radius 2 is 2.05 bits per heavy atom. The lowest BCUT2D eigenvalue weighted by atomic mass is 10.2. The van der Waals surface area contributed by atoms with Gasteiger partial charge in [-0.2, -0.15) is 0 Å². The number of anilines is 1. The number of rotatable bonds is 5. The summed E-state index contributed by atoms with van der Waals surface area (Å²) in [6.07, 6.45) is 0. The molecule has 0 fully saturated rings. The smallest absolute Gasteiger partial charge is 0.266 e.